The van der Waals surface area contributed by atoms with Gasteiger partial charge in [-0.3, -0.25) is 9.59 Å². The number of sulfonamides is 1. The summed E-state index contributed by atoms with van der Waals surface area (Å²) in [5.74, 6) is -0.458. The molecule has 0 bridgehead atoms. The Bertz CT molecular complexity index is 982. The summed E-state index contributed by atoms with van der Waals surface area (Å²) in [7, 11) is -3.94. The van der Waals surface area contributed by atoms with Crippen LogP contribution in [0.25, 0.3) is 0 Å². The highest BCUT2D eigenvalue weighted by Crippen LogP contribution is 2.14. The molecule has 27 heavy (non-hydrogen) atoms. The van der Waals surface area contributed by atoms with Crippen LogP contribution in [-0.4, -0.2) is 49.5 Å². The van der Waals surface area contributed by atoms with Gasteiger partial charge in [0.25, 0.3) is 5.56 Å². The van der Waals surface area contributed by atoms with Crippen LogP contribution in [0, 0.1) is 0 Å². The van der Waals surface area contributed by atoms with Gasteiger partial charge in [0.2, 0.25) is 15.9 Å². The third-order valence-electron chi connectivity index (χ3n) is 4.02. The second-order valence-electron chi connectivity index (χ2n) is 5.88. The first-order valence-electron chi connectivity index (χ1n) is 8.21. The third kappa shape index (κ3) is 4.56. The lowest BCUT2D eigenvalue weighted by Gasteiger charge is -2.25. The molecule has 8 nitrogen and oxygen atoms in total. The van der Waals surface area contributed by atoms with Gasteiger partial charge < -0.3 is 14.6 Å². The van der Waals surface area contributed by atoms with Crippen LogP contribution in [0.3, 0.4) is 0 Å². The number of rotatable bonds is 5. The maximum absolute atomic E-state index is 12.7. The molecule has 1 amide bonds. The highest BCUT2D eigenvalue weighted by atomic mass is 35.5. The van der Waals surface area contributed by atoms with Crippen LogP contribution in [-0.2, 0) is 26.1 Å². The van der Waals surface area contributed by atoms with Crippen molar-refractivity contribution in [3.8, 4) is 0 Å². The van der Waals surface area contributed by atoms with Crippen molar-refractivity contribution in [3.63, 3.8) is 0 Å². The van der Waals surface area contributed by atoms with Crippen molar-refractivity contribution in [1.82, 2.24) is 8.87 Å². The molecule has 0 unspecified atom stereocenters. The number of benzene rings is 1. The maximum atomic E-state index is 12.7. The molecule has 10 heteroatoms. The van der Waals surface area contributed by atoms with E-state index in [9.17, 15) is 18.0 Å². The zero-order valence-electron chi connectivity index (χ0n) is 14.3. The molecule has 0 radical (unpaired) electrons. The topological polar surface area (TPSA) is 97.7 Å². The monoisotopic (exact) mass is 411 g/mol. The Labute approximate surface area is 161 Å². The van der Waals surface area contributed by atoms with E-state index >= 15 is 0 Å². The van der Waals surface area contributed by atoms with Gasteiger partial charge >= 0.3 is 0 Å². The molecule has 2 aromatic rings. The lowest BCUT2D eigenvalue weighted by atomic mass is 10.3. The highest BCUT2D eigenvalue weighted by Gasteiger charge is 2.29. The summed E-state index contributed by atoms with van der Waals surface area (Å²) in [6.45, 7) is 0.628. The van der Waals surface area contributed by atoms with E-state index in [-0.39, 0.29) is 37.7 Å². The molecule has 1 aromatic carbocycles. The van der Waals surface area contributed by atoms with Crippen molar-refractivity contribution in [2.75, 3.05) is 31.6 Å². The lowest BCUT2D eigenvalue weighted by molar-refractivity contribution is -0.116. The predicted octanol–water partition coefficient (Wildman–Crippen LogP) is 1.16. The fourth-order valence-corrected chi connectivity index (χ4v) is 4.27. The Morgan fingerprint density at radius 1 is 1.15 bits per heavy atom. The number of ether oxygens (including phenoxy) is 1. The number of amides is 1. The number of carbonyl (C=O) groups excluding carboxylic acids is 1. The highest BCUT2D eigenvalue weighted by molar-refractivity contribution is 7.89. The SMILES string of the molecule is O=C(Cn1cccc(S(=O)(=O)N2CCOCC2)c1=O)Nc1ccc(Cl)cc1. The smallest absolute Gasteiger partial charge is 0.271 e. The van der Waals surface area contributed by atoms with Crippen molar-refractivity contribution in [1.29, 1.82) is 0 Å². The molecule has 0 atom stereocenters. The molecule has 0 spiro atoms. The van der Waals surface area contributed by atoms with Crippen LogP contribution < -0.4 is 10.9 Å². The molecule has 1 aromatic heterocycles. The number of nitrogens with zero attached hydrogens (tertiary/aromatic N) is 2. The first-order chi connectivity index (χ1) is 12.9. The molecule has 0 saturated carbocycles. The average molecular weight is 412 g/mol. The van der Waals surface area contributed by atoms with Crippen molar-refractivity contribution in [3.05, 3.63) is 58.0 Å². The standard InChI is InChI=1S/C17H18ClN3O5S/c18-13-3-5-14(6-4-13)19-16(22)12-20-7-1-2-15(17(20)23)27(24,25)21-8-10-26-11-9-21/h1-7H,8-12H2,(H,19,22). The van der Waals surface area contributed by atoms with Gasteiger partial charge in [-0.15, -0.1) is 0 Å². The molecule has 144 valence electrons. The number of aromatic nitrogens is 1. The summed E-state index contributed by atoms with van der Waals surface area (Å²) < 4.78 is 32.9. The molecule has 1 fully saturated rings. The predicted molar refractivity (Wildman–Crippen MR) is 100 cm³/mol. The Hall–Kier alpha value is -2.20. The van der Waals surface area contributed by atoms with Crippen LogP contribution >= 0.6 is 11.6 Å². The maximum Gasteiger partial charge on any atom is 0.271 e. The number of carbonyl (C=O) groups is 1. The van der Waals surface area contributed by atoms with Gasteiger partial charge in [-0.2, -0.15) is 4.31 Å². The summed E-state index contributed by atoms with van der Waals surface area (Å²) in [5.41, 5.74) is -0.218. The molecular weight excluding hydrogens is 394 g/mol. The van der Waals surface area contributed by atoms with E-state index in [1.165, 1.54) is 22.6 Å². The number of pyridine rings is 1. The fraction of sp³-hybridized carbons (Fsp3) is 0.294. The van der Waals surface area contributed by atoms with Gasteiger partial charge in [-0.1, -0.05) is 11.6 Å². The first kappa shape index (κ1) is 19.6. The largest absolute Gasteiger partial charge is 0.379 e. The van der Waals surface area contributed by atoms with E-state index in [0.29, 0.717) is 10.7 Å². The van der Waals surface area contributed by atoms with E-state index in [4.69, 9.17) is 16.3 Å². The molecule has 1 N–H and O–H groups in total. The minimum absolute atomic E-state index is 0.188. The van der Waals surface area contributed by atoms with E-state index < -0.39 is 21.5 Å². The summed E-state index contributed by atoms with van der Waals surface area (Å²) in [4.78, 5) is 24.5. The Morgan fingerprint density at radius 2 is 1.81 bits per heavy atom. The number of morpholine rings is 1. The summed E-state index contributed by atoms with van der Waals surface area (Å²) in [6, 6.07) is 9.19. The van der Waals surface area contributed by atoms with Gasteiger partial charge in [0, 0.05) is 30.0 Å². The summed E-state index contributed by atoms with van der Waals surface area (Å²) in [6.07, 6.45) is 1.38. The minimum atomic E-state index is -3.94. The second-order valence-corrected chi connectivity index (χ2v) is 8.22. The number of hydrogen-bond donors (Lipinski definition) is 1. The minimum Gasteiger partial charge on any atom is -0.379 e. The van der Waals surface area contributed by atoms with Crippen LogP contribution in [0.15, 0.2) is 52.3 Å². The van der Waals surface area contributed by atoms with E-state index in [1.807, 2.05) is 0 Å². The molecule has 0 aliphatic carbocycles. The van der Waals surface area contributed by atoms with Gasteiger partial charge in [0.1, 0.15) is 11.4 Å². The summed E-state index contributed by atoms with van der Waals surface area (Å²) in [5, 5.41) is 3.17. The quantitative estimate of drug-likeness (QED) is 0.796. The second kappa shape index (κ2) is 8.22. The van der Waals surface area contributed by atoms with Crippen molar-refractivity contribution in [2.24, 2.45) is 0 Å². The van der Waals surface area contributed by atoms with Crippen molar-refractivity contribution in [2.45, 2.75) is 11.4 Å². The van der Waals surface area contributed by atoms with Crippen LogP contribution in [0.2, 0.25) is 5.02 Å². The van der Waals surface area contributed by atoms with E-state index in [2.05, 4.69) is 5.32 Å². The fourth-order valence-electron chi connectivity index (χ4n) is 2.65. The van der Waals surface area contributed by atoms with Gasteiger partial charge in [0.05, 0.1) is 13.2 Å². The number of anilines is 1. The first-order valence-corrected chi connectivity index (χ1v) is 10.0. The lowest BCUT2D eigenvalue weighted by Crippen LogP contribution is -2.43. The van der Waals surface area contributed by atoms with Gasteiger partial charge in [-0.05, 0) is 36.4 Å². The summed E-state index contributed by atoms with van der Waals surface area (Å²) >= 11 is 5.80. The molecule has 1 aliphatic heterocycles. The van der Waals surface area contributed by atoms with Crippen molar-refractivity contribution < 1.29 is 17.9 Å². The number of hydrogen-bond acceptors (Lipinski definition) is 5. The Morgan fingerprint density at radius 3 is 2.48 bits per heavy atom. The molecule has 3 rings (SSSR count). The van der Waals surface area contributed by atoms with Gasteiger partial charge in [-0.25, -0.2) is 8.42 Å². The Kier molecular flexibility index (Phi) is 5.95. The molecule has 1 aliphatic rings. The average Bonchev–Trinajstić information content (AvgIpc) is 2.66. The number of halogens is 1. The molecular formula is C17H18ClN3O5S. The normalized spacial score (nSPS) is 15.4. The van der Waals surface area contributed by atoms with Crippen LogP contribution in [0.5, 0.6) is 0 Å². The van der Waals surface area contributed by atoms with Crippen LogP contribution in [0.4, 0.5) is 5.69 Å². The zero-order valence-corrected chi connectivity index (χ0v) is 15.9. The van der Waals surface area contributed by atoms with E-state index in [1.54, 1.807) is 24.3 Å². The van der Waals surface area contributed by atoms with Crippen LogP contribution in [0.1, 0.15) is 0 Å². The van der Waals surface area contributed by atoms with E-state index in [0.717, 1.165) is 4.57 Å². The Balaban J connectivity index is 1.79. The molecule has 2 heterocycles. The zero-order chi connectivity index (χ0) is 19.4. The molecule has 1 saturated heterocycles. The van der Waals surface area contributed by atoms with Crippen molar-refractivity contribution >= 4 is 33.2 Å². The third-order valence-corrected chi connectivity index (χ3v) is 6.18. The van der Waals surface area contributed by atoms with Gasteiger partial charge in [0.15, 0.2) is 0 Å². The number of nitrogens with one attached hydrogen (secondary N) is 1.